The first-order valence-electron chi connectivity index (χ1n) is 5.72. The second-order valence-corrected chi connectivity index (χ2v) is 3.90. The number of rotatable bonds is 2. The minimum absolute atomic E-state index is 0. The van der Waals surface area contributed by atoms with Gasteiger partial charge in [0.15, 0.2) is 18.0 Å². The number of aromatic nitrogens is 2. The van der Waals surface area contributed by atoms with Crippen molar-refractivity contribution in [3.8, 4) is 11.5 Å². The second-order valence-electron chi connectivity index (χ2n) is 3.90. The van der Waals surface area contributed by atoms with E-state index in [0.29, 0.717) is 5.89 Å². The van der Waals surface area contributed by atoms with Crippen LogP contribution in [0.5, 0.6) is 0 Å². The van der Waals surface area contributed by atoms with E-state index in [0.717, 1.165) is 23.2 Å². The Labute approximate surface area is 122 Å². The van der Waals surface area contributed by atoms with Crippen LogP contribution in [-0.4, -0.2) is 4.98 Å². The highest BCUT2D eigenvalue weighted by molar-refractivity contribution is 5.75. The summed E-state index contributed by atoms with van der Waals surface area (Å²) in [6, 6.07) is 11.8. The van der Waals surface area contributed by atoms with E-state index in [1.165, 1.54) is 0 Å². The lowest BCUT2D eigenvalue weighted by Crippen LogP contribution is -3.00. The van der Waals surface area contributed by atoms with Gasteiger partial charge >= 0.3 is 0 Å². The molecular formula is C14H13IN2O. The van der Waals surface area contributed by atoms with Gasteiger partial charge in [-0.15, -0.1) is 0 Å². The number of pyridine rings is 1. The van der Waals surface area contributed by atoms with Crippen molar-refractivity contribution in [1.82, 2.24) is 4.98 Å². The summed E-state index contributed by atoms with van der Waals surface area (Å²) in [6.45, 7) is 3.08. The monoisotopic (exact) mass is 352 g/mol. The Balaban J connectivity index is 0.00000120. The van der Waals surface area contributed by atoms with Gasteiger partial charge < -0.3 is 28.4 Å². The van der Waals surface area contributed by atoms with Crippen LogP contribution < -0.4 is 28.5 Å². The van der Waals surface area contributed by atoms with E-state index in [1.54, 1.807) is 0 Å². The maximum atomic E-state index is 5.71. The predicted molar refractivity (Wildman–Crippen MR) is 65.3 cm³/mol. The third-order valence-corrected chi connectivity index (χ3v) is 2.80. The molecule has 0 fully saturated rings. The van der Waals surface area contributed by atoms with E-state index in [9.17, 15) is 0 Å². The first-order valence-corrected chi connectivity index (χ1v) is 5.72. The molecule has 3 nitrogen and oxygen atoms in total. The van der Waals surface area contributed by atoms with Crippen LogP contribution in [-0.2, 0) is 6.54 Å². The smallest absolute Gasteiger partial charge is 0.227 e. The maximum absolute atomic E-state index is 5.71. The van der Waals surface area contributed by atoms with E-state index in [-0.39, 0.29) is 24.0 Å². The fraction of sp³-hybridized carbons (Fsp3) is 0.143. The fourth-order valence-electron chi connectivity index (χ4n) is 1.81. The van der Waals surface area contributed by atoms with Gasteiger partial charge in [0, 0.05) is 17.7 Å². The molecule has 2 heterocycles. The highest BCUT2D eigenvalue weighted by atomic mass is 127. The molecule has 18 heavy (non-hydrogen) atoms. The molecule has 2 aromatic heterocycles. The predicted octanol–water partition coefficient (Wildman–Crippen LogP) is -0.194. The van der Waals surface area contributed by atoms with Crippen molar-refractivity contribution in [2.24, 2.45) is 0 Å². The van der Waals surface area contributed by atoms with Gasteiger partial charge in [-0.05, 0) is 19.1 Å². The van der Waals surface area contributed by atoms with Crippen LogP contribution in [0.3, 0.4) is 0 Å². The minimum atomic E-state index is 0. The van der Waals surface area contributed by atoms with Gasteiger partial charge in [0.25, 0.3) is 0 Å². The van der Waals surface area contributed by atoms with E-state index in [2.05, 4.69) is 16.5 Å². The summed E-state index contributed by atoms with van der Waals surface area (Å²) >= 11 is 0. The van der Waals surface area contributed by atoms with Gasteiger partial charge in [-0.3, -0.25) is 0 Å². The number of fused-ring (bicyclic) bond motifs is 1. The number of nitrogens with zero attached hydrogens (tertiary/aromatic N) is 2. The van der Waals surface area contributed by atoms with Gasteiger partial charge in [0.1, 0.15) is 12.1 Å². The molecule has 0 saturated carbocycles. The van der Waals surface area contributed by atoms with Crippen LogP contribution in [0.15, 0.2) is 53.2 Å². The normalized spacial score (nSPS) is 10.3. The molecule has 3 rings (SSSR count). The number of benzene rings is 1. The number of para-hydroxylation sites is 2. The molecule has 0 amide bonds. The van der Waals surface area contributed by atoms with Crippen LogP contribution in [0.2, 0.25) is 0 Å². The summed E-state index contributed by atoms with van der Waals surface area (Å²) in [5.41, 5.74) is 2.73. The Hall–Kier alpha value is -1.43. The highest BCUT2D eigenvalue weighted by Gasteiger charge is 2.08. The minimum Gasteiger partial charge on any atom is -1.00 e. The van der Waals surface area contributed by atoms with Crippen LogP contribution in [0.4, 0.5) is 0 Å². The zero-order valence-electron chi connectivity index (χ0n) is 10.0. The molecule has 1 aromatic carbocycles. The Morgan fingerprint density at radius 1 is 1.11 bits per heavy atom. The van der Waals surface area contributed by atoms with E-state index in [1.807, 2.05) is 48.8 Å². The van der Waals surface area contributed by atoms with Gasteiger partial charge in [-0.1, -0.05) is 12.1 Å². The van der Waals surface area contributed by atoms with Gasteiger partial charge in [0.05, 0.1) is 0 Å². The highest BCUT2D eigenvalue weighted by Crippen LogP contribution is 2.22. The standard InChI is InChI=1S/C14H13N2O.HI/c1-2-16-9-7-11(8-10-16)14-15-12-5-3-4-6-13(12)17-14;/h3-10H,2H2,1H3;1H/q+1;/p-1. The first kappa shape index (κ1) is 13.0. The van der Waals surface area contributed by atoms with E-state index < -0.39 is 0 Å². The van der Waals surface area contributed by atoms with Crippen molar-refractivity contribution < 1.29 is 33.0 Å². The topological polar surface area (TPSA) is 29.9 Å². The van der Waals surface area contributed by atoms with Crippen LogP contribution in [0, 0.1) is 0 Å². The lowest BCUT2D eigenvalue weighted by Gasteiger charge is -1.93. The quantitative estimate of drug-likeness (QED) is 0.473. The molecule has 0 radical (unpaired) electrons. The SMILES string of the molecule is CC[n+]1ccc(-c2nc3ccccc3o2)cc1.[I-]. The van der Waals surface area contributed by atoms with Gasteiger partial charge in [-0.25, -0.2) is 9.55 Å². The fourth-order valence-corrected chi connectivity index (χ4v) is 1.81. The summed E-state index contributed by atoms with van der Waals surface area (Å²) in [5.74, 6) is 0.675. The molecular weight excluding hydrogens is 339 g/mol. The molecule has 4 heteroatoms. The number of oxazole rings is 1. The van der Waals surface area contributed by atoms with Crippen molar-refractivity contribution in [2.75, 3.05) is 0 Å². The Morgan fingerprint density at radius 3 is 2.50 bits per heavy atom. The third kappa shape index (κ3) is 2.38. The summed E-state index contributed by atoms with van der Waals surface area (Å²) in [7, 11) is 0. The largest absolute Gasteiger partial charge is 1.00 e. The summed E-state index contributed by atoms with van der Waals surface area (Å²) < 4.78 is 7.81. The van der Waals surface area contributed by atoms with Crippen molar-refractivity contribution >= 4 is 11.1 Å². The van der Waals surface area contributed by atoms with Crippen LogP contribution in [0.1, 0.15) is 6.92 Å². The van der Waals surface area contributed by atoms with Crippen LogP contribution >= 0.6 is 0 Å². The molecule has 0 aliphatic carbocycles. The Morgan fingerprint density at radius 2 is 1.83 bits per heavy atom. The Kier molecular flexibility index (Phi) is 3.96. The molecule has 0 aliphatic rings. The molecule has 0 saturated heterocycles. The summed E-state index contributed by atoms with van der Waals surface area (Å²) in [6.07, 6.45) is 4.06. The number of hydrogen-bond acceptors (Lipinski definition) is 2. The van der Waals surface area contributed by atoms with E-state index in [4.69, 9.17) is 4.42 Å². The van der Waals surface area contributed by atoms with Gasteiger partial charge in [0.2, 0.25) is 5.89 Å². The van der Waals surface area contributed by atoms with Crippen molar-refractivity contribution in [1.29, 1.82) is 0 Å². The molecule has 0 atom stereocenters. The molecule has 0 unspecified atom stereocenters. The third-order valence-electron chi connectivity index (χ3n) is 2.80. The molecule has 3 aromatic rings. The molecule has 0 N–H and O–H groups in total. The summed E-state index contributed by atoms with van der Waals surface area (Å²) in [5, 5.41) is 0. The average molecular weight is 352 g/mol. The van der Waals surface area contributed by atoms with Crippen molar-refractivity contribution in [3.05, 3.63) is 48.8 Å². The molecule has 92 valence electrons. The average Bonchev–Trinajstić information content (AvgIpc) is 2.82. The molecule has 0 spiro atoms. The maximum Gasteiger partial charge on any atom is 0.227 e. The number of aryl methyl sites for hydroxylation is 1. The zero-order chi connectivity index (χ0) is 11.7. The number of hydrogen-bond donors (Lipinski definition) is 0. The van der Waals surface area contributed by atoms with Crippen molar-refractivity contribution in [2.45, 2.75) is 13.5 Å². The lowest BCUT2D eigenvalue weighted by molar-refractivity contribution is -0.693. The van der Waals surface area contributed by atoms with Crippen LogP contribution in [0.25, 0.3) is 22.6 Å². The summed E-state index contributed by atoms with van der Waals surface area (Å²) in [4.78, 5) is 4.46. The van der Waals surface area contributed by atoms with Gasteiger partial charge in [-0.2, -0.15) is 0 Å². The Bertz CT molecular complexity index is 613. The lowest BCUT2D eigenvalue weighted by atomic mass is 10.2. The van der Waals surface area contributed by atoms with E-state index >= 15 is 0 Å². The zero-order valence-corrected chi connectivity index (χ0v) is 12.2. The molecule has 0 aliphatic heterocycles. The first-order chi connectivity index (χ1) is 8.36. The molecule has 0 bridgehead atoms. The van der Waals surface area contributed by atoms with Crippen molar-refractivity contribution in [3.63, 3.8) is 0 Å². The number of halogens is 1. The second kappa shape index (κ2) is 5.48.